The average molecular weight is 295 g/mol. The Morgan fingerprint density at radius 1 is 1.20 bits per heavy atom. The first kappa shape index (κ1) is 14.3. The molecule has 0 fully saturated rings. The third kappa shape index (κ3) is 3.08. The minimum atomic E-state index is -0.665. The van der Waals surface area contributed by atoms with Crippen molar-refractivity contribution in [2.75, 3.05) is 12.4 Å². The fourth-order valence-electron chi connectivity index (χ4n) is 1.65. The molecule has 0 radical (unpaired) electrons. The SMILES string of the molecule is COc1cc(F)ccc1NC(=O)c1cc(S)ccc1F. The van der Waals surface area contributed by atoms with Gasteiger partial charge in [-0.2, -0.15) is 0 Å². The number of nitrogens with one attached hydrogen (secondary N) is 1. The first-order valence-electron chi connectivity index (χ1n) is 5.64. The Morgan fingerprint density at radius 3 is 2.65 bits per heavy atom. The van der Waals surface area contributed by atoms with Crippen molar-refractivity contribution in [1.82, 2.24) is 0 Å². The van der Waals surface area contributed by atoms with E-state index in [4.69, 9.17) is 4.74 Å². The van der Waals surface area contributed by atoms with Gasteiger partial charge in [0.05, 0.1) is 18.4 Å². The van der Waals surface area contributed by atoms with Crippen molar-refractivity contribution in [2.24, 2.45) is 0 Å². The van der Waals surface area contributed by atoms with Gasteiger partial charge >= 0.3 is 0 Å². The van der Waals surface area contributed by atoms with Crippen LogP contribution < -0.4 is 10.1 Å². The van der Waals surface area contributed by atoms with Crippen LogP contribution in [0.1, 0.15) is 10.4 Å². The minimum Gasteiger partial charge on any atom is -0.494 e. The molecule has 0 unspecified atom stereocenters. The third-order valence-electron chi connectivity index (χ3n) is 2.61. The van der Waals surface area contributed by atoms with Crippen molar-refractivity contribution < 1.29 is 18.3 Å². The number of rotatable bonds is 3. The molecule has 0 heterocycles. The lowest BCUT2D eigenvalue weighted by Crippen LogP contribution is -2.14. The van der Waals surface area contributed by atoms with Gasteiger partial charge in [-0.25, -0.2) is 8.78 Å². The van der Waals surface area contributed by atoms with Crippen molar-refractivity contribution in [3.8, 4) is 5.75 Å². The molecule has 104 valence electrons. The zero-order valence-electron chi connectivity index (χ0n) is 10.5. The molecule has 6 heteroatoms. The maximum absolute atomic E-state index is 13.6. The molecule has 0 bridgehead atoms. The summed E-state index contributed by atoms with van der Waals surface area (Å²) in [7, 11) is 1.35. The van der Waals surface area contributed by atoms with Gasteiger partial charge in [-0.15, -0.1) is 12.6 Å². The summed E-state index contributed by atoms with van der Waals surface area (Å²) in [5.41, 5.74) is 0.103. The van der Waals surface area contributed by atoms with Crippen LogP contribution in [0.3, 0.4) is 0 Å². The fraction of sp³-hybridized carbons (Fsp3) is 0.0714. The monoisotopic (exact) mass is 295 g/mol. The molecule has 1 amide bonds. The van der Waals surface area contributed by atoms with E-state index in [2.05, 4.69) is 17.9 Å². The molecule has 3 nitrogen and oxygen atoms in total. The number of methoxy groups -OCH3 is 1. The van der Waals surface area contributed by atoms with E-state index in [1.54, 1.807) is 0 Å². The number of benzene rings is 2. The Labute approximate surface area is 120 Å². The Balaban J connectivity index is 2.30. The highest BCUT2D eigenvalue weighted by Crippen LogP contribution is 2.26. The van der Waals surface area contributed by atoms with Crippen LogP contribution in [0.15, 0.2) is 41.3 Å². The quantitative estimate of drug-likeness (QED) is 0.850. The van der Waals surface area contributed by atoms with E-state index in [0.717, 1.165) is 12.1 Å². The normalized spacial score (nSPS) is 10.2. The average Bonchev–Trinajstić information content (AvgIpc) is 2.43. The van der Waals surface area contributed by atoms with E-state index in [1.807, 2.05) is 0 Å². The molecule has 2 aromatic carbocycles. The van der Waals surface area contributed by atoms with Gasteiger partial charge in [0, 0.05) is 11.0 Å². The van der Waals surface area contributed by atoms with Crippen molar-refractivity contribution in [1.29, 1.82) is 0 Å². The summed E-state index contributed by atoms with van der Waals surface area (Å²) in [4.78, 5) is 12.5. The smallest absolute Gasteiger partial charge is 0.258 e. The van der Waals surface area contributed by atoms with Crippen molar-refractivity contribution in [3.05, 3.63) is 53.6 Å². The Bertz CT molecular complexity index is 662. The van der Waals surface area contributed by atoms with Crippen LogP contribution in [0, 0.1) is 11.6 Å². The minimum absolute atomic E-state index is 0.149. The van der Waals surface area contributed by atoms with Crippen molar-refractivity contribution in [3.63, 3.8) is 0 Å². The molecule has 0 aliphatic rings. The van der Waals surface area contributed by atoms with E-state index < -0.39 is 17.5 Å². The summed E-state index contributed by atoms with van der Waals surface area (Å²) in [5.74, 6) is -1.67. The van der Waals surface area contributed by atoms with Gasteiger partial charge in [0.2, 0.25) is 0 Å². The van der Waals surface area contributed by atoms with Gasteiger partial charge in [0.15, 0.2) is 0 Å². The zero-order chi connectivity index (χ0) is 14.7. The maximum atomic E-state index is 13.6. The summed E-state index contributed by atoms with van der Waals surface area (Å²) in [6.45, 7) is 0. The molecule has 0 saturated heterocycles. The van der Waals surface area contributed by atoms with E-state index in [-0.39, 0.29) is 17.0 Å². The highest BCUT2D eigenvalue weighted by molar-refractivity contribution is 7.80. The molecule has 2 rings (SSSR count). The summed E-state index contributed by atoms with van der Waals surface area (Å²) >= 11 is 4.05. The lowest BCUT2D eigenvalue weighted by atomic mass is 10.2. The molecule has 20 heavy (non-hydrogen) atoms. The van der Waals surface area contributed by atoms with Crippen LogP contribution in [-0.4, -0.2) is 13.0 Å². The molecule has 0 saturated carbocycles. The second-order valence-electron chi connectivity index (χ2n) is 3.96. The lowest BCUT2D eigenvalue weighted by molar-refractivity contribution is 0.102. The molecule has 2 aromatic rings. The molecule has 0 spiro atoms. The highest BCUT2D eigenvalue weighted by atomic mass is 32.1. The summed E-state index contributed by atoms with van der Waals surface area (Å²) in [6, 6.07) is 7.54. The molecule has 0 aromatic heterocycles. The first-order chi connectivity index (χ1) is 9.51. The van der Waals surface area contributed by atoms with Crippen LogP contribution >= 0.6 is 12.6 Å². The van der Waals surface area contributed by atoms with Gasteiger partial charge in [0.1, 0.15) is 17.4 Å². The number of ether oxygens (including phenoxy) is 1. The zero-order valence-corrected chi connectivity index (χ0v) is 11.4. The molecular formula is C14H11F2NO2S. The maximum Gasteiger partial charge on any atom is 0.258 e. The van der Waals surface area contributed by atoms with Gasteiger partial charge < -0.3 is 10.1 Å². The Hall–Kier alpha value is -2.08. The van der Waals surface area contributed by atoms with Crippen molar-refractivity contribution in [2.45, 2.75) is 4.90 Å². The third-order valence-corrected chi connectivity index (χ3v) is 2.88. The van der Waals surface area contributed by atoms with E-state index in [9.17, 15) is 13.6 Å². The Morgan fingerprint density at radius 2 is 1.95 bits per heavy atom. The van der Waals surface area contributed by atoms with Crippen molar-refractivity contribution >= 4 is 24.2 Å². The highest BCUT2D eigenvalue weighted by Gasteiger charge is 2.14. The molecular weight excluding hydrogens is 284 g/mol. The predicted octanol–water partition coefficient (Wildman–Crippen LogP) is 3.51. The number of carbonyl (C=O) groups is 1. The van der Waals surface area contributed by atoms with E-state index in [1.165, 1.54) is 31.4 Å². The molecule has 1 N–H and O–H groups in total. The molecule has 0 atom stereocenters. The number of hydrogen-bond donors (Lipinski definition) is 2. The topological polar surface area (TPSA) is 38.3 Å². The van der Waals surface area contributed by atoms with E-state index in [0.29, 0.717) is 4.90 Å². The molecule has 0 aliphatic carbocycles. The number of halogens is 2. The van der Waals surface area contributed by atoms with Crippen LogP contribution in [0.5, 0.6) is 5.75 Å². The van der Waals surface area contributed by atoms with Gasteiger partial charge in [-0.05, 0) is 30.3 Å². The van der Waals surface area contributed by atoms with E-state index >= 15 is 0 Å². The first-order valence-corrected chi connectivity index (χ1v) is 6.09. The fourth-order valence-corrected chi connectivity index (χ4v) is 1.85. The summed E-state index contributed by atoms with van der Waals surface area (Å²) in [5, 5.41) is 2.47. The summed E-state index contributed by atoms with van der Waals surface area (Å²) < 4.78 is 31.6. The number of hydrogen-bond acceptors (Lipinski definition) is 3. The number of anilines is 1. The van der Waals surface area contributed by atoms with Crippen LogP contribution in [0.2, 0.25) is 0 Å². The second kappa shape index (κ2) is 5.92. The van der Waals surface area contributed by atoms with Crippen LogP contribution in [-0.2, 0) is 0 Å². The lowest BCUT2D eigenvalue weighted by Gasteiger charge is -2.10. The largest absolute Gasteiger partial charge is 0.494 e. The van der Waals surface area contributed by atoms with Gasteiger partial charge in [-0.3, -0.25) is 4.79 Å². The summed E-state index contributed by atoms with van der Waals surface area (Å²) in [6.07, 6.45) is 0. The Kier molecular flexibility index (Phi) is 4.24. The number of carbonyl (C=O) groups excluding carboxylic acids is 1. The number of thiol groups is 1. The van der Waals surface area contributed by atoms with Crippen LogP contribution in [0.4, 0.5) is 14.5 Å². The predicted molar refractivity (Wildman–Crippen MR) is 74.6 cm³/mol. The van der Waals surface area contributed by atoms with Gasteiger partial charge in [-0.1, -0.05) is 0 Å². The van der Waals surface area contributed by atoms with Crippen LogP contribution in [0.25, 0.3) is 0 Å². The van der Waals surface area contributed by atoms with Gasteiger partial charge in [0.25, 0.3) is 5.91 Å². The number of amides is 1. The standard InChI is InChI=1S/C14H11F2NO2S/c1-19-13-6-8(15)2-5-12(13)17-14(18)10-7-9(20)3-4-11(10)16/h2-7,20H,1H3,(H,17,18). The molecule has 0 aliphatic heterocycles. The second-order valence-corrected chi connectivity index (χ2v) is 4.48.